The Morgan fingerprint density at radius 3 is 2.78 bits per heavy atom. The van der Waals surface area contributed by atoms with Crippen LogP contribution in [0, 0.1) is 5.82 Å². The molecule has 2 atom stereocenters. The monoisotopic (exact) mass is 376 g/mol. The van der Waals surface area contributed by atoms with E-state index in [2.05, 4.69) is 5.32 Å². The summed E-state index contributed by atoms with van der Waals surface area (Å²) in [7, 11) is 0. The highest BCUT2D eigenvalue weighted by Crippen LogP contribution is 2.43. The van der Waals surface area contributed by atoms with E-state index in [9.17, 15) is 19.1 Å². The van der Waals surface area contributed by atoms with Crippen LogP contribution in [0.15, 0.2) is 12.1 Å². The van der Waals surface area contributed by atoms with Crippen molar-refractivity contribution in [2.75, 3.05) is 11.4 Å². The van der Waals surface area contributed by atoms with Gasteiger partial charge in [-0.2, -0.15) is 0 Å². The van der Waals surface area contributed by atoms with Gasteiger partial charge in [0.1, 0.15) is 11.9 Å². The Morgan fingerprint density at radius 2 is 2.07 bits per heavy atom. The zero-order valence-corrected chi connectivity index (χ0v) is 15.4. The first kappa shape index (κ1) is 18.2. The van der Waals surface area contributed by atoms with Crippen LogP contribution in [0.3, 0.4) is 0 Å². The summed E-state index contributed by atoms with van der Waals surface area (Å²) in [6.07, 6.45) is 2.71. The van der Waals surface area contributed by atoms with Crippen molar-refractivity contribution in [2.24, 2.45) is 0 Å². The van der Waals surface area contributed by atoms with Crippen LogP contribution in [-0.4, -0.2) is 41.9 Å². The topological polar surface area (TPSA) is 78.9 Å². The molecule has 0 radical (unpaired) electrons. The van der Waals surface area contributed by atoms with Gasteiger partial charge in [-0.25, -0.2) is 9.18 Å². The van der Waals surface area contributed by atoms with Crippen LogP contribution in [-0.2, 0) is 16.0 Å². The second-order valence-corrected chi connectivity index (χ2v) is 7.73. The molecule has 4 rings (SSSR count). The molecule has 2 N–H and O–H groups in total. The summed E-state index contributed by atoms with van der Waals surface area (Å²) in [6.45, 7) is 2.03. The van der Waals surface area contributed by atoms with Gasteiger partial charge < -0.3 is 15.2 Å². The second kappa shape index (κ2) is 7.11. The smallest absolute Gasteiger partial charge is 0.415 e. The number of hydrogen-bond donors (Lipinski definition) is 2. The minimum atomic E-state index is -0.484. The molecule has 2 heterocycles. The summed E-state index contributed by atoms with van der Waals surface area (Å²) in [4.78, 5) is 25.4. The zero-order valence-electron chi connectivity index (χ0n) is 15.4. The summed E-state index contributed by atoms with van der Waals surface area (Å²) in [5.41, 5.74) is 2.21. The van der Waals surface area contributed by atoms with E-state index >= 15 is 0 Å². The largest absolute Gasteiger partial charge is 0.442 e. The Balaban J connectivity index is 1.54. The van der Waals surface area contributed by atoms with E-state index in [1.807, 2.05) is 6.07 Å². The summed E-state index contributed by atoms with van der Waals surface area (Å²) in [5.74, 6) is -0.278. The van der Waals surface area contributed by atoms with Gasteiger partial charge in [-0.15, -0.1) is 0 Å². The Kier molecular flexibility index (Phi) is 4.80. The summed E-state index contributed by atoms with van der Waals surface area (Å²) in [5, 5.41) is 12.5. The molecule has 7 heteroatoms. The fourth-order valence-electron chi connectivity index (χ4n) is 4.52. The number of cyclic esters (lactones) is 1. The van der Waals surface area contributed by atoms with Crippen molar-refractivity contribution in [1.29, 1.82) is 0 Å². The van der Waals surface area contributed by atoms with Crippen molar-refractivity contribution in [3.8, 4) is 0 Å². The fraction of sp³-hybridized carbons (Fsp3) is 0.600. The standard InChI is InChI=1S/C20H25FN2O4/c1-2-19(25)22-10-18-17-8-12-7-14(11-3-5-13(24)6-4-11)15(21)9-16(12)23(17)20(26)27-18/h7,9,11,13,17-18,24H,2-6,8,10H2,1H3,(H,22,25)/t11?,13?,17-,18?/m0/s1. The molecule has 2 aliphatic heterocycles. The van der Waals surface area contributed by atoms with Crippen LogP contribution < -0.4 is 10.2 Å². The van der Waals surface area contributed by atoms with E-state index in [-0.39, 0.29) is 36.3 Å². The number of hydrogen-bond acceptors (Lipinski definition) is 4. The Bertz CT molecular complexity index is 761. The van der Waals surface area contributed by atoms with Gasteiger partial charge in [-0.1, -0.05) is 13.0 Å². The molecule has 0 bridgehead atoms. The van der Waals surface area contributed by atoms with E-state index in [4.69, 9.17) is 4.74 Å². The lowest BCUT2D eigenvalue weighted by atomic mass is 9.82. The van der Waals surface area contributed by atoms with Crippen molar-refractivity contribution in [3.63, 3.8) is 0 Å². The van der Waals surface area contributed by atoms with Gasteiger partial charge in [-0.3, -0.25) is 9.69 Å². The fourth-order valence-corrected chi connectivity index (χ4v) is 4.52. The third-order valence-corrected chi connectivity index (χ3v) is 6.05. The predicted molar refractivity (Wildman–Crippen MR) is 97.2 cm³/mol. The van der Waals surface area contributed by atoms with Gasteiger partial charge >= 0.3 is 6.09 Å². The van der Waals surface area contributed by atoms with Gasteiger partial charge in [0.15, 0.2) is 0 Å². The van der Waals surface area contributed by atoms with Crippen LogP contribution in [0.1, 0.15) is 56.1 Å². The van der Waals surface area contributed by atoms with Gasteiger partial charge in [0.05, 0.1) is 24.4 Å². The molecule has 2 amide bonds. The maximum atomic E-state index is 14.8. The molecule has 1 saturated heterocycles. The van der Waals surface area contributed by atoms with Crippen LogP contribution in [0.5, 0.6) is 0 Å². The molecule has 6 nitrogen and oxygen atoms in total. The molecule has 0 aromatic heterocycles. The number of amides is 2. The van der Waals surface area contributed by atoms with Gasteiger partial charge in [0.25, 0.3) is 0 Å². The number of fused-ring (bicyclic) bond motifs is 3. The third kappa shape index (κ3) is 3.29. The molecule has 0 spiro atoms. The number of carbonyl (C=O) groups is 2. The molecular formula is C20H25FN2O4. The Morgan fingerprint density at radius 1 is 1.33 bits per heavy atom. The number of nitrogens with one attached hydrogen (secondary N) is 1. The number of carbonyl (C=O) groups excluding carboxylic acids is 2. The maximum absolute atomic E-state index is 14.8. The molecule has 1 aromatic carbocycles. The highest BCUT2D eigenvalue weighted by atomic mass is 19.1. The number of aliphatic hydroxyl groups excluding tert-OH is 1. The Labute approximate surface area is 157 Å². The molecule has 1 aromatic rings. The van der Waals surface area contributed by atoms with E-state index in [0.29, 0.717) is 36.9 Å². The van der Waals surface area contributed by atoms with Crippen molar-refractivity contribution in [2.45, 2.75) is 69.6 Å². The van der Waals surface area contributed by atoms with Crippen LogP contribution in [0.25, 0.3) is 0 Å². The number of nitrogens with zero attached hydrogens (tertiary/aromatic N) is 1. The van der Waals surface area contributed by atoms with E-state index in [0.717, 1.165) is 18.4 Å². The summed E-state index contributed by atoms with van der Waals surface area (Å²) >= 11 is 0. The number of aliphatic hydroxyl groups is 1. The predicted octanol–water partition coefficient (Wildman–Crippen LogP) is 2.62. The minimum absolute atomic E-state index is 0.0900. The van der Waals surface area contributed by atoms with Crippen molar-refractivity contribution >= 4 is 17.7 Å². The first-order valence-corrected chi connectivity index (χ1v) is 9.74. The zero-order chi connectivity index (χ0) is 19.1. The van der Waals surface area contributed by atoms with Crippen molar-refractivity contribution in [3.05, 3.63) is 29.1 Å². The molecule has 1 saturated carbocycles. The summed E-state index contributed by atoms with van der Waals surface area (Å²) in [6, 6.07) is 3.12. The highest BCUT2D eigenvalue weighted by Gasteiger charge is 2.48. The maximum Gasteiger partial charge on any atom is 0.415 e. The number of ether oxygens (including phenoxy) is 1. The molecule has 146 valence electrons. The van der Waals surface area contributed by atoms with E-state index in [1.54, 1.807) is 6.92 Å². The Hall–Kier alpha value is -2.15. The van der Waals surface area contributed by atoms with E-state index in [1.165, 1.54) is 11.0 Å². The second-order valence-electron chi connectivity index (χ2n) is 7.73. The van der Waals surface area contributed by atoms with Gasteiger partial charge in [-0.05, 0) is 55.2 Å². The van der Waals surface area contributed by atoms with E-state index < -0.39 is 12.2 Å². The van der Waals surface area contributed by atoms with Crippen molar-refractivity contribution in [1.82, 2.24) is 5.32 Å². The first-order chi connectivity index (χ1) is 13.0. The highest BCUT2D eigenvalue weighted by molar-refractivity contribution is 5.94. The lowest BCUT2D eigenvalue weighted by molar-refractivity contribution is -0.121. The van der Waals surface area contributed by atoms with Gasteiger partial charge in [0.2, 0.25) is 5.91 Å². The molecule has 2 fully saturated rings. The minimum Gasteiger partial charge on any atom is -0.442 e. The lowest BCUT2D eigenvalue weighted by Gasteiger charge is -2.26. The van der Waals surface area contributed by atoms with Crippen LogP contribution in [0.2, 0.25) is 0 Å². The lowest BCUT2D eigenvalue weighted by Crippen LogP contribution is -2.40. The third-order valence-electron chi connectivity index (χ3n) is 6.05. The quantitative estimate of drug-likeness (QED) is 0.847. The van der Waals surface area contributed by atoms with Gasteiger partial charge in [0, 0.05) is 6.42 Å². The van der Waals surface area contributed by atoms with Crippen LogP contribution in [0.4, 0.5) is 14.9 Å². The van der Waals surface area contributed by atoms with Crippen molar-refractivity contribution < 1.29 is 23.8 Å². The number of halogens is 1. The average molecular weight is 376 g/mol. The molecule has 1 aliphatic carbocycles. The molecule has 1 unspecified atom stereocenters. The normalized spacial score (nSPS) is 29.3. The molecule has 27 heavy (non-hydrogen) atoms. The van der Waals surface area contributed by atoms with Crippen LogP contribution >= 0.6 is 0 Å². The number of benzene rings is 1. The summed E-state index contributed by atoms with van der Waals surface area (Å²) < 4.78 is 20.2. The average Bonchev–Trinajstić information content (AvgIpc) is 3.17. The number of anilines is 1. The molecular weight excluding hydrogens is 351 g/mol. The molecule has 3 aliphatic rings. The SMILES string of the molecule is CCC(=O)NCC1OC(=O)N2c3cc(F)c(C4CCC(O)CC4)cc3C[C@@H]12. The number of rotatable bonds is 4. The first-order valence-electron chi connectivity index (χ1n) is 9.74.